The van der Waals surface area contributed by atoms with Gasteiger partial charge in [0.2, 0.25) is 5.91 Å². The van der Waals surface area contributed by atoms with Crippen LogP contribution >= 0.6 is 0 Å². The number of nitrogens with zero attached hydrogens (tertiary/aromatic N) is 1. The molecule has 1 unspecified atom stereocenters. The molecule has 0 N–H and O–H groups in total. The molecule has 2 heterocycles. The van der Waals surface area contributed by atoms with E-state index in [-0.39, 0.29) is 11.8 Å². The molecule has 0 spiro atoms. The van der Waals surface area contributed by atoms with E-state index in [2.05, 4.69) is 5.92 Å². The summed E-state index contributed by atoms with van der Waals surface area (Å²) in [7, 11) is 0. The van der Waals surface area contributed by atoms with Crippen LogP contribution in [-0.2, 0) is 11.2 Å². The van der Waals surface area contributed by atoms with E-state index < -0.39 is 0 Å². The third-order valence-electron chi connectivity index (χ3n) is 3.55. The van der Waals surface area contributed by atoms with Crippen LogP contribution in [0.15, 0.2) is 34.7 Å². The molecule has 1 aromatic heterocycles. The Morgan fingerprint density at radius 3 is 3.00 bits per heavy atom. The molecule has 0 bridgehead atoms. The number of terminal acetylenes is 1. The molecule has 3 heteroatoms. The number of hydrogen-bond donors (Lipinski definition) is 0. The van der Waals surface area contributed by atoms with Crippen molar-refractivity contribution >= 4 is 16.9 Å². The Hall–Kier alpha value is -2.21. The summed E-state index contributed by atoms with van der Waals surface area (Å²) in [4.78, 5) is 13.6. The summed E-state index contributed by atoms with van der Waals surface area (Å²) in [6, 6.07) is 9.96. The minimum Gasteiger partial charge on any atom is -0.461 e. The Morgan fingerprint density at radius 2 is 2.26 bits per heavy atom. The van der Waals surface area contributed by atoms with Crippen molar-refractivity contribution in [1.29, 1.82) is 0 Å². The summed E-state index contributed by atoms with van der Waals surface area (Å²) < 4.78 is 5.74. The van der Waals surface area contributed by atoms with Gasteiger partial charge < -0.3 is 9.32 Å². The van der Waals surface area contributed by atoms with Gasteiger partial charge in [-0.15, -0.1) is 12.3 Å². The summed E-state index contributed by atoms with van der Waals surface area (Å²) in [5, 5.41) is 1.10. The Kier molecular flexibility index (Phi) is 3.00. The van der Waals surface area contributed by atoms with Crippen LogP contribution in [0.25, 0.3) is 11.0 Å². The molecule has 2 aromatic rings. The van der Waals surface area contributed by atoms with Gasteiger partial charge >= 0.3 is 0 Å². The van der Waals surface area contributed by atoms with Crippen LogP contribution < -0.4 is 0 Å². The smallest absolute Gasteiger partial charge is 0.223 e. The second-order valence-electron chi connectivity index (χ2n) is 4.91. The van der Waals surface area contributed by atoms with Gasteiger partial charge in [-0.25, -0.2) is 0 Å². The fraction of sp³-hybridized carbons (Fsp3) is 0.312. The largest absolute Gasteiger partial charge is 0.461 e. The lowest BCUT2D eigenvalue weighted by Crippen LogP contribution is -2.27. The zero-order valence-electron chi connectivity index (χ0n) is 10.6. The third-order valence-corrected chi connectivity index (χ3v) is 3.55. The topological polar surface area (TPSA) is 33.5 Å². The summed E-state index contributed by atoms with van der Waals surface area (Å²) in [5.41, 5.74) is 0.895. The molecule has 3 rings (SSSR count). The highest BCUT2D eigenvalue weighted by molar-refractivity contribution is 5.79. The van der Waals surface area contributed by atoms with E-state index in [1.807, 2.05) is 35.2 Å². The van der Waals surface area contributed by atoms with Crippen molar-refractivity contribution < 1.29 is 9.21 Å². The number of para-hydroxylation sites is 1. The third kappa shape index (κ3) is 2.34. The predicted molar refractivity (Wildman–Crippen MR) is 73.4 cm³/mol. The molecular formula is C16H15NO2. The number of benzene rings is 1. The zero-order chi connectivity index (χ0) is 13.2. The second kappa shape index (κ2) is 4.81. The van der Waals surface area contributed by atoms with E-state index in [0.717, 1.165) is 23.2 Å². The molecular weight excluding hydrogens is 238 g/mol. The van der Waals surface area contributed by atoms with Gasteiger partial charge in [-0.1, -0.05) is 18.2 Å². The molecule has 0 radical (unpaired) electrons. The number of furan rings is 1. The Morgan fingerprint density at radius 1 is 1.42 bits per heavy atom. The minimum absolute atomic E-state index is 0.0724. The monoisotopic (exact) mass is 253 g/mol. The highest BCUT2D eigenvalue weighted by Gasteiger charge is 2.27. The van der Waals surface area contributed by atoms with Crippen molar-refractivity contribution in [2.24, 2.45) is 5.92 Å². The van der Waals surface area contributed by atoms with Crippen LogP contribution in [0.1, 0.15) is 12.2 Å². The van der Waals surface area contributed by atoms with Crippen molar-refractivity contribution in [1.82, 2.24) is 4.90 Å². The van der Waals surface area contributed by atoms with E-state index in [1.54, 1.807) is 0 Å². The average Bonchev–Trinajstić information content (AvgIpc) is 2.99. The van der Waals surface area contributed by atoms with Crippen molar-refractivity contribution in [3.63, 3.8) is 0 Å². The minimum atomic E-state index is 0.0724. The summed E-state index contributed by atoms with van der Waals surface area (Å²) in [6.45, 7) is 1.35. The van der Waals surface area contributed by atoms with Crippen molar-refractivity contribution in [2.45, 2.75) is 12.8 Å². The summed E-state index contributed by atoms with van der Waals surface area (Å²) in [5.74, 6) is 3.80. The zero-order valence-corrected chi connectivity index (χ0v) is 10.6. The second-order valence-corrected chi connectivity index (χ2v) is 4.91. The highest BCUT2D eigenvalue weighted by atomic mass is 16.3. The van der Waals surface area contributed by atoms with E-state index in [9.17, 15) is 4.79 Å². The lowest BCUT2D eigenvalue weighted by molar-refractivity contribution is -0.127. The number of rotatable bonds is 3. The summed E-state index contributed by atoms with van der Waals surface area (Å²) >= 11 is 0. The predicted octanol–water partition coefficient (Wildman–Crippen LogP) is 2.46. The maximum Gasteiger partial charge on any atom is 0.223 e. The number of amides is 1. The van der Waals surface area contributed by atoms with Crippen LogP contribution in [0, 0.1) is 18.3 Å². The Bertz CT molecular complexity index is 617. The highest BCUT2D eigenvalue weighted by Crippen LogP contribution is 2.21. The molecule has 19 heavy (non-hydrogen) atoms. The average molecular weight is 253 g/mol. The van der Waals surface area contributed by atoms with Gasteiger partial charge in [-0.2, -0.15) is 0 Å². The summed E-state index contributed by atoms with van der Waals surface area (Å²) in [6.07, 6.45) is 6.59. The van der Waals surface area contributed by atoms with Crippen molar-refractivity contribution in [2.75, 3.05) is 13.1 Å². The molecule has 1 amide bonds. The van der Waals surface area contributed by atoms with Crippen molar-refractivity contribution in [3.8, 4) is 12.3 Å². The normalized spacial score (nSPS) is 19.0. The first-order valence-electron chi connectivity index (χ1n) is 6.47. The van der Waals surface area contributed by atoms with Crippen LogP contribution in [0.4, 0.5) is 0 Å². The van der Waals surface area contributed by atoms with Gasteiger partial charge in [-0.05, 0) is 12.1 Å². The number of fused-ring (bicyclic) bond motifs is 1. The Balaban J connectivity index is 1.66. The molecule has 96 valence electrons. The molecule has 1 aliphatic rings. The van der Waals surface area contributed by atoms with Crippen LogP contribution in [-0.4, -0.2) is 23.9 Å². The van der Waals surface area contributed by atoms with Gasteiger partial charge in [0.1, 0.15) is 11.3 Å². The van der Waals surface area contributed by atoms with E-state index in [1.165, 1.54) is 0 Å². The van der Waals surface area contributed by atoms with Gasteiger partial charge in [0.15, 0.2) is 0 Å². The van der Waals surface area contributed by atoms with Crippen molar-refractivity contribution in [3.05, 3.63) is 36.1 Å². The first-order valence-corrected chi connectivity index (χ1v) is 6.47. The Labute approximate surface area is 112 Å². The maximum atomic E-state index is 11.7. The number of hydrogen-bond acceptors (Lipinski definition) is 2. The molecule has 1 aliphatic heterocycles. The maximum absolute atomic E-state index is 11.7. The lowest BCUT2D eigenvalue weighted by atomic mass is 10.1. The molecule has 3 nitrogen and oxygen atoms in total. The molecule has 0 saturated carbocycles. The fourth-order valence-corrected chi connectivity index (χ4v) is 2.51. The number of carbonyl (C=O) groups is 1. The SMILES string of the molecule is C#CC1CC(=O)N(CCc2cc3ccccc3o2)C1. The quantitative estimate of drug-likeness (QED) is 0.787. The van der Waals surface area contributed by atoms with Crippen LogP contribution in [0.3, 0.4) is 0 Å². The first-order chi connectivity index (χ1) is 9.26. The molecule has 1 aromatic carbocycles. The molecule has 1 atom stereocenters. The lowest BCUT2D eigenvalue weighted by Gasteiger charge is -2.14. The van der Waals surface area contributed by atoms with Gasteiger partial charge in [0.25, 0.3) is 0 Å². The van der Waals surface area contributed by atoms with Crippen LogP contribution in [0.2, 0.25) is 0 Å². The first kappa shape index (κ1) is 11.9. The fourth-order valence-electron chi connectivity index (χ4n) is 2.51. The van der Waals surface area contributed by atoms with E-state index in [0.29, 0.717) is 19.5 Å². The molecule has 1 fully saturated rings. The molecule has 0 aliphatic carbocycles. The standard InChI is InChI=1S/C16H15NO2/c1-2-12-9-16(18)17(11-12)8-7-14-10-13-5-3-4-6-15(13)19-14/h1,3-6,10,12H,7-9,11H2. The van der Waals surface area contributed by atoms with Crippen LogP contribution in [0.5, 0.6) is 0 Å². The number of carbonyl (C=O) groups excluding carboxylic acids is 1. The van der Waals surface area contributed by atoms with E-state index >= 15 is 0 Å². The van der Waals surface area contributed by atoms with Gasteiger partial charge in [-0.3, -0.25) is 4.79 Å². The van der Waals surface area contributed by atoms with E-state index in [4.69, 9.17) is 10.8 Å². The number of likely N-dealkylation sites (tertiary alicyclic amines) is 1. The van der Waals surface area contributed by atoms with Gasteiger partial charge in [0, 0.05) is 37.2 Å². The molecule has 1 saturated heterocycles. The van der Waals surface area contributed by atoms with Gasteiger partial charge in [0.05, 0.1) is 0 Å².